The van der Waals surface area contributed by atoms with Crippen LogP contribution in [-0.4, -0.2) is 17.1 Å². The zero-order valence-corrected chi connectivity index (χ0v) is 4.80. The number of halogens is 1. The molecule has 2 unspecified atom stereocenters. The molecule has 0 heterocycles. The van der Waals surface area contributed by atoms with E-state index >= 15 is 0 Å². The van der Waals surface area contributed by atoms with Crippen LogP contribution < -0.4 is 0 Å². The molecule has 0 fully saturated rings. The fourth-order valence-corrected chi connectivity index (χ4v) is 0.168. The summed E-state index contributed by atoms with van der Waals surface area (Å²) in [6.07, 6.45) is -1.36. The smallest absolute Gasteiger partial charge is 0.240 e. The number of nitrogens with zero attached hydrogens (tertiary/aromatic N) is 1. The van der Waals surface area contributed by atoms with Crippen molar-refractivity contribution in [1.29, 1.82) is 0 Å². The minimum Gasteiger partial charge on any atom is -0.264 e. The summed E-state index contributed by atoms with van der Waals surface area (Å²) in [5.41, 5.74) is 0. The van der Waals surface area contributed by atoms with E-state index in [0.717, 1.165) is 0 Å². The van der Waals surface area contributed by atoms with Crippen molar-refractivity contribution in [2.24, 2.45) is 0 Å². The highest BCUT2D eigenvalue weighted by Gasteiger charge is 2.20. The molecule has 0 saturated carbocycles. The van der Waals surface area contributed by atoms with Crippen molar-refractivity contribution in [3.8, 4) is 0 Å². The maximum atomic E-state index is 11.9. The van der Waals surface area contributed by atoms with E-state index in [1.807, 2.05) is 0 Å². The maximum Gasteiger partial charge on any atom is 0.240 e. The number of nitro groups is 1. The van der Waals surface area contributed by atoms with Crippen LogP contribution in [0.2, 0.25) is 0 Å². The molecule has 0 rings (SSSR count). The van der Waals surface area contributed by atoms with Gasteiger partial charge >= 0.3 is 0 Å². The second-order valence-electron chi connectivity index (χ2n) is 1.70. The molecule has 0 aromatic rings. The monoisotopic (exact) mass is 121 g/mol. The maximum absolute atomic E-state index is 11.9. The quantitative estimate of drug-likeness (QED) is 0.404. The van der Waals surface area contributed by atoms with Gasteiger partial charge in [0.2, 0.25) is 6.04 Å². The largest absolute Gasteiger partial charge is 0.264 e. The molecule has 0 radical (unpaired) electrons. The summed E-state index contributed by atoms with van der Waals surface area (Å²) >= 11 is 0. The Bertz CT molecular complexity index is 94.0. The highest BCUT2D eigenvalue weighted by atomic mass is 19.1. The Kier molecular flexibility index (Phi) is 2.37. The van der Waals surface area contributed by atoms with Gasteiger partial charge in [-0.25, -0.2) is 4.39 Å². The third-order valence-electron chi connectivity index (χ3n) is 0.997. The first kappa shape index (κ1) is 7.33. The minimum atomic E-state index is -1.36. The standard InChI is InChI=1S/C4H8FNO2/c1-3(5)4(2)6(7)8/h3-4H,1-2H3. The highest BCUT2D eigenvalue weighted by molar-refractivity contribution is 4.54. The number of hydrogen-bond acceptors (Lipinski definition) is 2. The lowest BCUT2D eigenvalue weighted by atomic mass is 10.2. The van der Waals surface area contributed by atoms with E-state index in [1.165, 1.54) is 13.8 Å². The van der Waals surface area contributed by atoms with Crippen molar-refractivity contribution in [2.75, 3.05) is 0 Å². The zero-order valence-electron chi connectivity index (χ0n) is 4.80. The van der Waals surface area contributed by atoms with E-state index in [1.54, 1.807) is 0 Å². The lowest BCUT2D eigenvalue weighted by Crippen LogP contribution is -2.24. The molecule has 0 bridgehead atoms. The highest BCUT2D eigenvalue weighted by Crippen LogP contribution is 1.99. The average Bonchev–Trinajstić information content (AvgIpc) is 1.64. The fraction of sp³-hybridized carbons (Fsp3) is 1.00. The summed E-state index contributed by atoms with van der Waals surface area (Å²) in [5.74, 6) is 0. The van der Waals surface area contributed by atoms with Gasteiger partial charge in [0.25, 0.3) is 0 Å². The summed E-state index contributed by atoms with van der Waals surface area (Å²) in [4.78, 5) is 9.07. The number of alkyl halides is 1. The molecular formula is C4H8FNO2. The molecule has 0 N–H and O–H groups in total. The van der Waals surface area contributed by atoms with Crippen molar-refractivity contribution < 1.29 is 9.31 Å². The molecule has 0 aromatic carbocycles. The molecule has 0 saturated heterocycles. The predicted octanol–water partition coefficient (Wildman–Crippen LogP) is 1.01. The van der Waals surface area contributed by atoms with E-state index < -0.39 is 17.1 Å². The van der Waals surface area contributed by atoms with Crippen molar-refractivity contribution in [3.63, 3.8) is 0 Å². The van der Waals surface area contributed by atoms with Gasteiger partial charge in [0, 0.05) is 11.8 Å². The van der Waals surface area contributed by atoms with Crippen LogP contribution in [0.1, 0.15) is 13.8 Å². The lowest BCUT2D eigenvalue weighted by molar-refractivity contribution is -0.525. The van der Waals surface area contributed by atoms with Crippen LogP contribution in [0.15, 0.2) is 0 Å². The van der Waals surface area contributed by atoms with Gasteiger partial charge in [-0.2, -0.15) is 0 Å². The first-order valence-corrected chi connectivity index (χ1v) is 2.33. The molecule has 3 nitrogen and oxygen atoms in total. The normalized spacial score (nSPS) is 17.4. The van der Waals surface area contributed by atoms with E-state index in [-0.39, 0.29) is 0 Å². The van der Waals surface area contributed by atoms with Gasteiger partial charge in [0.15, 0.2) is 6.17 Å². The average molecular weight is 121 g/mol. The molecule has 0 spiro atoms. The molecule has 2 atom stereocenters. The van der Waals surface area contributed by atoms with Crippen LogP contribution in [0.5, 0.6) is 0 Å². The molecule has 0 amide bonds. The van der Waals surface area contributed by atoms with Crippen LogP contribution in [-0.2, 0) is 0 Å². The van der Waals surface area contributed by atoms with Crippen molar-refractivity contribution >= 4 is 0 Å². The van der Waals surface area contributed by atoms with E-state index in [9.17, 15) is 14.5 Å². The van der Waals surface area contributed by atoms with Crippen molar-refractivity contribution in [1.82, 2.24) is 0 Å². The van der Waals surface area contributed by atoms with E-state index in [0.29, 0.717) is 0 Å². The zero-order chi connectivity index (χ0) is 6.73. The second kappa shape index (κ2) is 2.59. The van der Waals surface area contributed by atoms with Gasteiger partial charge in [-0.05, 0) is 6.92 Å². The molecule has 0 aromatic heterocycles. The van der Waals surface area contributed by atoms with Crippen molar-refractivity contribution in [2.45, 2.75) is 26.1 Å². The molecule has 0 aliphatic carbocycles. The van der Waals surface area contributed by atoms with Crippen LogP contribution >= 0.6 is 0 Å². The van der Waals surface area contributed by atoms with Crippen molar-refractivity contribution in [3.05, 3.63) is 10.1 Å². The SMILES string of the molecule is CC(F)C(C)[N+](=O)[O-]. The van der Waals surface area contributed by atoms with Crippen LogP contribution in [0.3, 0.4) is 0 Å². The first-order chi connectivity index (χ1) is 3.55. The lowest BCUT2D eigenvalue weighted by Gasteiger charge is -2.01. The summed E-state index contributed by atoms with van der Waals surface area (Å²) in [7, 11) is 0. The summed E-state index contributed by atoms with van der Waals surface area (Å²) in [5, 5.41) is 9.71. The summed E-state index contributed by atoms with van der Waals surface area (Å²) in [6.45, 7) is 2.41. The third kappa shape index (κ3) is 1.86. The predicted molar refractivity (Wildman–Crippen MR) is 27.0 cm³/mol. The van der Waals surface area contributed by atoms with E-state index in [4.69, 9.17) is 0 Å². The Hall–Kier alpha value is -0.670. The van der Waals surface area contributed by atoms with Crippen LogP contribution in [0.4, 0.5) is 4.39 Å². The Labute approximate surface area is 46.7 Å². The number of hydrogen-bond donors (Lipinski definition) is 0. The molecule has 0 aliphatic rings. The summed E-state index contributed by atoms with van der Waals surface area (Å²) in [6, 6.07) is -1.07. The molecule has 0 aliphatic heterocycles. The van der Waals surface area contributed by atoms with Gasteiger partial charge in [0.05, 0.1) is 0 Å². The Morgan fingerprint density at radius 2 is 2.00 bits per heavy atom. The van der Waals surface area contributed by atoms with E-state index in [2.05, 4.69) is 0 Å². The molecular weight excluding hydrogens is 113 g/mol. The topological polar surface area (TPSA) is 43.1 Å². The fourth-order valence-electron chi connectivity index (χ4n) is 0.168. The Balaban J connectivity index is 3.64. The first-order valence-electron chi connectivity index (χ1n) is 2.33. The van der Waals surface area contributed by atoms with Gasteiger partial charge in [-0.15, -0.1) is 0 Å². The number of rotatable bonds is 2. The van der Waals surface area contributed by atoms with Gasteiger partial charge in [0.1, 0.15) is 0 Å². The third-order valence-corrected chi connectivity index (χ3v) is 0.997. The molecule has 8 heavy (non-hydrogen) atoms. The molecule has 4 heteroatoms. The van der Waals surface area contributed by atoms with Gasteiger partial charge in [-0.3, -0.25) is 10.1 Å². The Morgan fingerprint density at radius 1 is 1.62 bits per heavy atom. The van der Waals surface area contributed by atoms with Gasteiger partial charge < -0.3 is 0 Å². The molecule has 48 valence electrons. The minimum absolute atomic E-state index is 0.634. The summed E-state index contributed by atoms with van der Waals surface area (Å²) < 4.78 is 11.9. The second-order valence-corrected chi connectivity index (χ2v) is 1.70. The van der Waals surface area contributed by atoms with Crippen LogP contribution in [0.25, 0.3) is 0 Å². The van der Waals surface area contributed by atoms with Gasteiger partial charge in [-0.1, -0.05) is 0 Å². The Morgan fingerprint density at radius 3 is 2.00 bits per heavy atom. The van der Waals surface area contributed by atoms with Crippen LogP contribution in [0, 0.1) is 10.1 Å².